The summed E-state index contributed by atoms with van der Waals surface area (Å²) in [5.74, 6) is 0. The van der Waals surface area contributed by atoms with Gasteiger partial charge >= 0.3 is 0 Å². The first kappa shape index (κ1) is 11.7. The molecule has 18 heavy (non-hydrogen) atoms. The Labute approximate surface area is 108 Å². The molecule has 2 aliphatic carbocycles. The normalized spacial score (nSPS) is 21.1. The largest absolute Gasteiger partial charge is 0.235 e. The fourth-order valence-corrected chi connectivity index (χ4v) is 3.54. The lowest BCUT2D eigenvalue weighted by atomic mass is 9.83. The van der Waals surface area contributed by atoms with E-state index in [1.54, 1.807) is 6.08 Å². The van der Waals surface area contributed by atoms with Crippen molar-refractivity contribution in [3.63, 3.8) is 0 Å². The van der Waals surface area contributed by atoms with Gasteiger partial charge in [0.1, 0.15) is 0 Å². The highest BCUT2D eigenvalue weighted by Crippen LogP contribution is 2.43. The van der Waals surface area contributed by atoms with E-state index in [0.29, 0.717) is 0 Å². The third-order valence-corrected chi connectivity index (χ3v) is 4.58. The van der Waals surface area contributed by atoms with Gasteiger partial charge in [-0.05, 0) is 55.2 Å². The molecule has 1 saturated carbocycles. The van der Waals surface area contributed by atoms with Crippen molar-refractivity contribution in [1.29, 1.82) is 0 Å². The van der Waals surface area contributed by atoms with E-state index >= 15 is 0 Å². The number of carbonyl (C=O) groups excluding carboxylic acids is 1. The average molecular weight is 241 g/mol. The maximum atomic E-state index is 10.7. The molecule has 0 unspecified atom stereocenters. The Morgan fingerprint density at radius 2 is 1.72 bits per heavy atom. The number of hydrogen-bond donors (Lipinski definition) is 0. The van der Waals surface area contributed by atoms with Crippen molar-refractivity contribution in [2.45, 2.75) is 56.9 Å². The Morgan fingerprint density at radius 1 is 1.00 bits per heavy atom. The third-order valence-electron chi connectivity index (χ3n) is 4.58. The molecule has 1 fully saturated rings. The standard InChI is InChI=1S/C16H19NO/c18-12-17-16(9-3-4-10-16)15-8-7-13-5-1-2-6-14(13)11-15/h7-8,11H,1-6,9-10H2. The smallest absolute Gasteiger partial charge is 0.211 e. The predicted molar refractivity (Wildman–Crippen MR) is 71.4 cm³/mol. The monoisotopic (exact) mass is 241 g/mol. The minimum absolute atomic E-state index is 0.256. The van der Waals surface area contributed by atoms with Gasteiger partial charge in [-0.1, -0.05) is 31.0 Å². The van der Waals surface area contributed by atoms with Crippen molar-refractivity contribution in [3.05, 3.63) is 34.9 Å². The van der Waals surface area contributed by atoms with E-state index in [0.717, 1.165) is 12.8 Å². The summed E-state index contributed by atoms with van der Waals surface area (Å²) in [6, 6.07) is 6.75. The van der Waals surface area contributed by atoms with Crippen molar-refractivity contribution < 1.29 is 4.79 Å². The fourth-order valence-electron chi connectivity index (χ4n) is 3.54. The molecule has 0 aliphatic heterocycles. The topological polar surface area (TPSA) is 29.4 Å². The fraction of sp³-hybridized carbons (Fsp3) is 0.562. The van der Waals surface area contributed by atoms with E-state index in [1.165, 1.54) is 55.2 Å². The summed E-state index contributed by atoms with van der Waals surface area (Å²) >= 11 is 0. The van der Waals surface area contributed by atoms with Crippen molar-refractivity contribution >= 4 is 6.08 Å². The first-order valence-corrected chi connectivity index (χ1v) is 7.05. The van der Waals surface area contributed by atoms with Crippen LogP contribution in [0.25, 0.3) is 0 Å². The highest BCUT2D eigenvalue weighted by Gasteiger charge is 2.36. The molecular formula is C16H19NO. The van der Waals surface area contributed by atoms with Gasteiger partial charge in [0.25, 0.3) is 0 Å². The molecule has 0 aromatic heterocycles. The minimum atomic E-state index is -0.256. The molecule has 0 spiro atoms. The Kier molecular flexibility index (Phi) is 3.05. The molecule has 0 saturated heterocycles. The van der Waals surface area contributed by atoms with Crippen LogP contribution >= 0.6 is 0 Å². The average Bonchev–Trinajstić information content (AvgIpc) is 2.88. The third kappa shape index (κ3) is 1.91. The van der Waals surface area contributed by atoms with Crippen molar-refractivity contribution in [2.75, 3.05) is 0 Å². The molecule has 2 nitrogen and oxygen atoms in total. The summed E-state index contributed by atoms with van der Waals surface area (Å²) in [5, 5.41) is 0. The first-order chi connectivity index (χ1) is 8.84. The number of fused-ring (bicyclic) bond motifs is 1. The van der Waals surface area contributed by atoms with Crippen molar-refractivity contribution in [2.24, 2.45) is 4.99 Å². The Hall–Kier alpha value is -1.40. The lowest BCUT2D eigenvalue weighted by Gasteiger charge is -2.25. The molecule has 0 bridgehead atoms. The van der Waals surface area contributed by atoms with Gasteiger partial charge in [-0.25, -0.2) is 4.79 Å². The number of aliphatic imine (C=N–C) groups is 1. The van der Waals surface area contributed by atoms with E-state index < -0.39 is 0 Å². The summed E-state index contributed by atoms with van der Waals surface area (Å²) in [6.07, 6.45) is 11.1. The van der Waals surface area contributed by atoms with Crippen LogP contribution in [0.2, 0.25) is 0 Å². The SMILES string of the molecule is O=C=NC1(c2ccc3c(c2)CCCC3)CCCC1. The Balaban J connectivity index is 2.02. The quantitative estimate of drug-likeness (QED) is 0.574. The lowest BCUT2D eigenvalue weighted by Crippen LogP contribution is -2.19. The summed E-state index contributed by atoms with van der Waals surface area (Å²) in [4.78, 5) is 14.9. The van der Waals surface area contributed by atoms with E-state index in [4.69, 9.17) is 0 Å². The molecule has 1 aromatic carbocycles. The number of isocyanates is 1. The number of benzene rings is 1. The second-order valence-electron chi connectivity index (χ2n) is 5.63. The maximum Gasteiger partial charge on any atom is 0.235 e. The second-order valence-corrected chi connectivity index (χ2v) is 5.63. The van der Waals surface area contributed by atoms with Crippen LogP contribution in [0, 0.1) is 0 Å². The second kappa shape index (κ2) is 4.70. The Morgan fingerprint density at radius 3 is 2.44 bits per heavy atom. The highest BCUT2D eigenvalue weighted by molar-refractivity contribution is 5.42. The van der Waals surface area contributed by atoms with Crippen LogP contribution in [-0.4, -0.2) is 6.08 Å². The maximum absolute atomic E-state index is 10.7. The van der Waals surface area contributed by atoms with Gasteiger partial charge in [0.15, 0.2) is 0 Å². The zero-order valence-corrected chi connectivity index (χ0v) is 10.7. The minimum Gasteiger partial charge on any atom is -0.211 e. The van der Waals surface area contributed by atoms with Crippen LogP contribution in [0.15, 0.2) is 23.2 Å². The van der Waals surface area contributed by atoms with Gasteiger partial charge in [0.05, 0.1) is 5.54 Å². The molecule has 0 atom stereocenters. The van der Waals surface area contributed by atoms with Crippen LogP contribution < -0.4 is 0 Å². The summed E-state index contributed by atoms with van der Waals surface area (Å²) < 4.78 is 0. The molecule has 94 valence electrons. The van der Waals surface area contributed by atoms with E-state index in [1.807, 2.05) is 0 Å². The summed E-state index contributed by atoms with van der Waals surface area (Å²) in [5.41, 5.74) is 3.96. The van der Waals surface area contributed by atoms with E-state index in [9.17, 15) is 4.79 Å². The lowest BCUT2D eigenvalue weighted by molar-refractivity contribution is 0.455. The van der Waals surface area contributed by atoms with Crippen LogP contribution in [0.1, 0.15) is 55.2 Å². The van der Waals surface area contributed by atoms with Crippen LogP contribution in [-0.2, 0) is 23.2 Å². The number of hydrogen-bond acceptors (Lipinski definition) is 2. The first-order valence-electron chi connectivity index (χ1n) is 7.05. The van der Waals surface area contributed by atoms with Crippen LogP contribution in [0.4, 0.5) is 0 Å². The Bertz CT molecular complexity index is 494. The van der Waals surface area contributed by atoms with Crippen LogP contribution in [0.5, 0.6) is 0 Å². The van der Waals surface area contributed by atoms with Crippen molar-refractivity contribution in [1.82, 2.24) is 0 Å². The van der Waals surface area contributed by atoms with Crippen molar-refractivity contribution in [3.8, 4) is 0 Å². The molecule has 3 rings (SSSR count). The molecule has 2 aliphatic rings. The molecule has 0 radical (unpaired) electrons. The van der Waals surface area contributed by atoms with Gasteiger partial charge in [-0.3, -0.25) is 0 Å². The summed E-state index contributed by atoms with van der Waals surface area (Å²) in [6.45, 7) is 0. The molecular weight excluding hydrogens is 222 g/mol. The van der Waals surface area contributed by atoms with Gasteiger partial charge in [0, 0.05) is 0 Å². The number of rotatable bonds is 2. The van der Waals surface area contributed by atoms with Crippen LogP contribution in [0.3, 0.4) is 0 Å². The molecule has 0 amide bonds. The van der Waals surface area contributed by atoms with Gasteiger partial charge in [0.2, 0.25) is 6.08 Å². The van der Waals surface area contributed by atoms with E-state index in [-0.39, 0.29) is 5.54 Å². The molecule has 2 heteroatoms. The highest BCUT2D eigenvalue weighted by atomic mass is 16.1. The van der Waals surface area contributed by atoms with E-state index in [2.05, 4.69) is 23.2 Å². The van der Waals surface area contributed by atoms with Gasteiger partial charge in [-0.2, -0.15) is 4.99 Å². The molecule has 0 heterocycles. The zero-order valence-electron chi connectivity index (χ0n) is 10.7. The van der Waals surface area contributed by atoms with Gasteiger partial charge < -0.3 is 0 Å². The summed E-state index contributed by atoms with van der Waals surface area (Å²) in [7, 11) is 0. The van der Waals surface area contributed by atoms with Gasteiger partial charge in [-0.15, -0.1) is 0 Å². The zero-order chi connectivity index (χ0) is 12.4. The molecule has 1 aromatic rings. The number of aryl methyl sites for hydroxylation is 2. The molecule has 0 N–H and O–H groups in total. The predicted octanol–water partition coefficient (Wildman–Crippen LogP) is 3.67. The number of nitrogens with zero attached hydrogens (tertiary/aromatic N) is 1.